The first-order chi connectivity index (χ1) is 7.51. The average molecular weight is 245 g/mol. The SMILES string of the molecule is COC(=O)c1sc(C(O)C(C)OC)nc1C. The fourth-order valence-corrected chi connectivity index (χ4v) is 2.22. The number of esters is 1. The van der Waals surface area contributed by atoms with Gasteiger partial charge in [-0.05, 0) is 13.8 Å². The maximum Gasteiger partial charge on any atom is 0.349 e. The molecule has 0 spiro atoms. The number of aromatic nitrogens is 1. The highest BCUT2D eigenvalue weighted by Crippen LogP contribution is 2.26. The first kappa shape index (κ1) is 13.1. The number of hydrogen-bond acceptors (Lipinski definition) is 6. The molecule has 1 heterocycles. The van der Waals surface area contributed by atoms with E-state index in [0.29, 0.717) is 15.6 Å². The lowest BCUT2D eigenvalue weighted by Crippen LogP contribution is -2.16. The number of nitrogens with zero attached hydrogens (tertiary/aromatic N) is 1. The summed E-state index contributed by atoms with van der Waals surface area (Å²) in [5, 5.41) is 10.3. The smallest absolute Gasteiger partial charge is 0.349 e. The molecule has 2 atom stereocenters. The van der Waals surface area contributed by atoms with Gasteiger partial charge in [-0.2, -0.15) is 0 Å². The molecule has 90 valence electrons. The fraction of sp³-hybridized carbons (Fsp3) is 0.600. The van der Waals surface area contributed by atoms with Crippen molar-refractivity contribution in [3.8, 4) is 0 Å². The van der Waals surface area contributed by atoms with Crippen LogP contribution in [0.15, 0.2) is 0 Å². The van der Waals surface area contributed by atoms with Crippen LogP contribution in [0.5, 0.6) is 0 Å². The minimum atomic E-state index is -0.827. The second kappa shape index (κ2) is 5.38. The Labute approximate surface area is 98.0 Å². The summed E-state index contributed by atoms with van der Waals surface area (Å²) in [6.45, 7) is 3.44. The van der Waals surface area contributed by atoms with Crippen LogP contribution in [0, 0.1) is 6.92 Å². The minimum Gasteiger partial charge on any atom is -0.465 e. The lowest BCUT2D eigenvalue weighted by Gasteiger charge is -2.14. The highest BCUT2D eigenvalue weighted by atomic mass is 32.1. The first-order valence-corrected chi connectivity index (χ1v) is 5.59. The predicted octanol–water partition coefficient (Wildman–Crippen LogP) is 1.31. The highest BCUT2D eigenvalue weighted by molar-refractivity contribution is 7.13. The van der Waals surface area contributed by atoms with Gasteiger partial charge in [0.15, 0.2) is 0 Å². The van der Waals surface area contributed by atoms with E-state index in [-0.39, 0.29) is 6.10 Å². The molecule has 1 N–H and O–H groups in total. The van der Waals surface area contributed by atoms with Crippen molar-refractivity contribution in [3.05, 3.63) is 15.6 Å². The number of carbonyl (C=O) groups is 1. The van der Waals surface area contributed by atoms with Crippen molar-refractivity contribution >= 4 is 17.3 Å². The van der Waals surface area contributed by atoms with Crippen molar-refractivity contribution in [1.29, 1.82) is 0 Å². The summed E-state index contributed by atoms with van der Waals surface area (Å²) in [7, 11) is 2.82. The summed E-state index contributed by atoms with van der Waals surface area (Å²) in [5.41, 5.74) is 0.564. The van der Waals surface area contributed by atoms with Crippen LogP contribution in [0.25, 0.3) is 0 Å². The van der Waals surface area contributed by atoms with E-state index in [2.05, 4.69) is 9.72 Å². The van der Waals surface area contributed by atoms with Gasteiger partial charge in [0.25, 0.3) is 0 Å². The first-order valence-electron chi connectivity index (χ1n) is 4.77. The summed E-state index contributed by atoms with van der Waals surface area (Å²) >= 11 is 1.13. The zero-order chi connectivity index (χ0) is 12.3. The largest absolute Gasteiger partial charge is 0.465 e. The quantitative estimate of drug-likeness (QED) is 0.810. The molecular weight excluding hydrogens is 230 g/mol. The van der Waals surface area contributed by atoms with Crippen LogP contribution < -0.4 is 0 Å². The Hall–Kier alpha value is -0.980. The second-order valence-electron chi connectivity index (χ2n) is 3.34. The van der Waals surface area contributed by atoms with E-state index in [1.807, 2.05) is 0 Å². The van der Waals surface area contributed by atoms with Gasteiger partial charge in [0.2, 0.25) is 0 Å². The number of thiazole rings is 1. The van der Waals surface area contributed by atoms with Gasteiger partial charge in [-0.1, -0.05) is 0 Å². The molecule has 1 aromatic rings. The molecule has 0 aromatic carbocycles. The van der Waals surface area contributed by atoms with Crippen LogP contribution in [-0.4, -0.2) is 36.4 Å². The maximum absolute atomic E-state index is 11.3. The van der Waals surface area contributed by atoms with Crippen LogP contribution >= 0.6 is 11.3 Å². The van der Waals surface area contributed by atoms with Gasteiger partial charge in [-0.25, -0.2) is 9.78 Å². The summed E-state index contributed by atoms with van der Waals surface area (Å²) in [6.07, 6.45) is -1.19. The minimum absolute atomic E-state index is 0.365. The summed E-state index contributed by atoms with van der Waals surface area (Å²) in [6, 6.07) is 0. The molecular formula is C10H15NO4S. The monoisotopic (exact) mass is 245 g/mol. The molecule has 6 heteroatoms. The Balaban J connectivity index is 2.96. The third-order valence-electron chi connectivity index (χ3n) is 2.25. The number of aliphatic hydroxyl groups excluding tert-OH is 1. The van der Waals surface area contributed by atoms with E-state index in [4.69, 9.17) is 4.74 Å². The van der Waals surface area contributed by atoms with Crippen molar-refractivity contribution in [3.63, 3.8) is 0 Å². The van der Waals surface area contributed by atoms with Gasteiger partial charge in [0.1, 0.15) is 16.0 Å². The zero-order valence-corrected chi connectivity index (χ0v) is 10.5. The van der Waals surface area contributed by atoms with E-state index in [0.717, 1.165) is 11.3 Å². The molecule has 0 saturated carbocycles. The molecule has 0 amide bonds. The van der Waals surface area contributed by atoms with Crippen molar-refractivity contribution in [2.24, 2.45) is 0 Å². The number of aryl methyl sites for hydroxylation is 1. The maximum atomic E-state index is 11.3. The summed E-state index contributed by atoms with van der Waals surface area (Å²) in [5.74, 6) is -0.432. The third kappa shape index (κ3) is 2.58. The summed E-state index contributed by atoms with van der Waals surface area (Å²) in [4.78, 5) is 15.9. The molecule has 0 radical (unpaired) electrons. The second-order valence-corrected chi connectivity index (χ2v) is 4.37. The fourth-order valence-electron chi connectivity index (χ4n) is 1.16. The molecule has 16 heavy (non-hydrogen) atoms. The molecule has 5 nitrogen and oxygen atoms in total. The Morgan fingerprint density at radius 2 is 2.12 bits per heavy atom. The van der Waals surface area contributed by atoms with Crippen LogP contribution in [0.3, 0.4) is 0 Å². The number of rotatable bonds is 4. The number of ether oxygens (including phenoxy) is 2. The van der Waals surface area contributed by atoms with E-state index < -0.39 is 12.1 Å². The number of hydrogen-bond donors (Lipinski definition) is 1. The Morgan fingerprint density at radius 1 is 1.50 bits per heavy atom. The van der Waals surface area contributed by atoms with Crippen LogP contribution in [0.2, 0.25) is 0 Å². The van der Waals surface area contributed by atoms with E-state index in [1.54, 1.807) is 13.8 Å². The van der Waals surface area contributed by atoms with E-state index in [1.165, 1.54) is 14.2 Å². The molecule has 0 fully saturated rings. The highest BCUT2D eigenvalue weighted by Gasteiger charge is 2.23. The number of aliphatic hydroxyl groups is 1. The molecule has 0 saturated heterocycles. The number of methoxy groups -OCH3 is 2. The van der Waals surface area contributed by atoms with Crippen molar-refractivity contribution in [2.45, 2.75) is 26.1 Å². The Bertz CT molecular complexity index is 377. The van der Waals surface area contributed by atoms with Gasteiger partial charge in [-0.3, -0.25) is 0 Å². The molecule has 0 aliphatic carbocycles. The van der Waals surface area contributed by atoms with Gasteiger partial charge in [-0.15, -0.1) is 11.3 Å². The molecule has 1 aromatic heterocycles. The molecule has 2 unspecified atom stereocenters. The lowest BCUT2D eigenvalue weighted by atomic mass is 10.2. The zero-order valence-electron chi connectivity index (χ0n) is 9.68. The van der Waals surface area contributed by atoms with Crippen molar-refractivity contribution in [2.75, 3.05) is 14.2 Å². The Morgan fingerprint density at radius 3 is 2.62 bits per heavy atom. The summed E-state index contributed by atoms with van der Waals surface area (Å²) < 4.78 is 9.62. The molecule has 0 bridgehead atoms. The lowest BCUT2D eigenvalue weighted by molar-refractivity contribution is -0.00156. The van der Waals surface area contributed by atoms with E-state index >= 15 is 0 Å². The standard InChI is InChI=1S/C10H15NO4S/c1-5-8(10(13)15-4)16-9(11-5)7(12)6(2)14-3/h6-7,12H,1-4H3. The van der Waals surface area contributed by atoms with Crippen LogP contribution in [0.1, 0.15) is 33.4 Å². The topological polar surface area (TPSA) is 68.7 Å². The van der Waals surface area contributed by atoms with Crippen molar-refractivity contribution in [1.82, 2.24) is 4.98 Å². The van der Waals surface area contributed by atoms with Gasteiger partial charge in [0, 0.05) is 7.11 Å². The van der Waals surface area contributed by atoms with Crippen molar-refractivity contribution < 1.29 is 19.4 Å². The van der Waals surface area contributed by atoms with Gasteiger partial charge in [0.05, 0.1) is 18.9 Å². The average Bonchev–Trinajstić information content (AvgIpc) is 2.68. The Kier molecular flexibility index (Phi) is 4.40. The van der Waals surface area contributed by atoms with E-state index in [9.17, 15) is 9.90 Å². The van der Waals surface area contributed by atoms with Gasteiger partial charge < -0.3 is 14.6 Å². The molecule has 0 aliphatic rings. The normalized spacial score (nSPS) is 14.6. The predicted molar refractivity (Wildman–Crippen MR) is 59.6 cm³/mol. The molecule has 1 rings (SSSR count). The molecule has 0 aliphatic heterocycles. The van der Waals surface area contributed by atoms with Gasteiger partial charge >= 0.3 is 5.97 Å². The van der Waals surface area contributed by atoms with Crippen LogP contribution in [-0.2, 0) is 9.47 Å². The number of carbonyl (C=O) groups excluding carboxylic acids is 1. The third-order valence-corrected chi connectivity index (χ3v) is 3.46. The van der Waals surface area contributed by atoms with Crippen LogP contribution in [0.4, 0.5) is 0 Å².